The number of aldehydes is 1. The second-order valence-corrected chi connectivity index (χ2v) is 4.29. The van der Waals surface area contributed by atoms with Gasteiger partial charge in [-0.1, -0.05) is 6.07 Å². The maximum absolute atomic E-state index is 10.5. The van der Waals surface area contributed by atoms with Gasteiger partial charge >= 0.3 is 0 Å². The van der Waals surface area contributed by atoms with Gasteiger partial charge in [0.25, 0.3) is 0 Å². The van der Waals surface area contributed by atoms with Crippen LogP contribution < -0.4 is 5.73 Å². The second kappa shape index (κ2) is 5.50. The topological polar surface area (TPSA) is 58.7 Å². The molecule has 0 amide bonds. The summed E-state index contributed by atoms with van der Waals surface area (Å²) in [5.74, 6) is 0.440. The lowest BCUT2D eigenvalue weighted by Gasteiger charge is -2.14. The zero-order valence-corrected chi connectivity index (χ0v) is 9.70. The van der Waals surface area contributed by atoms with Gasteiger partial charge in [-0.3, -0.25) is 0 Å². The fourth-order valence-corrected chi connectivity index (χ4v) is 1.86. The van der Waals surface area contributed by atoms with E-state index in [2.05, 4.69) is 4.99 Å². The Balaban J connectivity index is 2.84. The molecule has 1 heterocycles. The molecule has 82 valence electrons. The summed E-state index contributed by atoms with van der Waals surface area (Å²) in [6, 6.07) is 3.76. The van der Waals surface area contributed by atoms with Crippen LogP contribution in [0.25, 0.3) is 0 Å². The van der Waals surface area contributed by atoms with E-state index in [-0.39, 0.29) is 6.04 Å². The largest absolute Gasteiger partial charge is 0.370 e. The van der Waals surface area contributed by atoms with E-state index in [4.69, 9.17) is 5.73 Å². The predicted octanol–water partition coefficient (Wildman–Crippen LogP) is 1.25. The van der Waals surface area contributed by atoms with E-state index in [0.717, 1.165) is 11.2 Å². The van der Waals surface area contributed by atoms with Gasteiger partial charge in [-0.15, -0.1) is 11.3 Å². The van der Waals surface area contributed by atoms with Crippen LogP contribution in [0.4, 0.5) is 0 Å². The zero-order chi connectivity index (χ0) is 11.3. The first-order valence-corrected chi connectivity index (χ1v) is 5.50. The summed E-state index contributed by atoms with van der Waals surface area (Å²) in [5, 5.41) is 1.97. The van der Waals surface area contributed by atoms with Crippen LogP contribution in [0.15, 0.2) is 22.5 Å². The van der Waals surface area contributed by atoms with Gasteiger partial charge < -0.3 is 15.4 Å². The summed E-state index contributed by atoms with van der Waals surface area (Å²) >= 11 is 1.58. The number of hydrogen-bond donors (Lipinski definition) is 1. The molecule has 0 aliphatic rings. The van der Waals surface area contributed by atoms with Crippen molar-refractivity contribution < 1.29 is 4.79 Å². The van der Waals surface area contributed by atoms with Crippen LogP contribution in [0.1, 0.15) is 17.3 Å². The molecule has 1 rings (SSSR count). The van der Waals surface area contributed by atoms with Crippen LogP contribution in [0.2, 0.25) is 0 Å². The molecule has 0 aliphatic carbocycles. The quantitative estimate of drug-likeness (QED) is 0.476. The van der Waals surface area contributed by atoms with Crippen LogP contribution in [-0.2, 0) is 4.79 Å². The highest BCUT2D eigenvalue weighted by Gasteiger charge is 2.11. The average Bonchev–Trinajstić information content (AvgIpc) is 2.69. The zero-order valence-electron chi connectivity index (χ0n) is 8.88. The van der Waals surface area contributed by atoms with E-state index in [1.165, 1.54) is 0 Å². The summed E-state index contributed by atoms with van der Waals surface area (Å²) < 4.78 is 0. The van der Waals surface area contributed by atoms with E-state index < -0.39 is 0 Å². The van der Waals surface area contributed by atoms with Gasteiger partial charge in [0.1, 0.15) is 6.29 Å². The maximum atomic E-state index is 10.5. The maximum Gasteiger partial charge on any atom is 0.191 e. The molecule has 0 saturated heterocycles. The fraction of sp³-hybridized carbons (Fsp3) is 0.400. The Hall–Kier alpha value is -1.36. The molecule has 0 aromatic carbocycles. The van der Waals surface area contributed by atoms with Gasteiger partial charge in [-0.2, -0.15) is 0 Å². The Labute approximate surface area is 93.4 Å². The lowest BCUT2D eigenvalue weighted by atomic mass is 10.2. The Morgan fingerprint density at radius 1 is 1.73 bits per heavy atom. The van der Waals surface area contributed by atoms with Crippen LogP contribution in [0, 0.1) is 0 Å². The molecule has 0 aliphatic heterocycles. The Bertz CT molecular complexity index is 332. The number of nitrogens with two attached hydrogens (primary N) is 1. The monoisotopic (exact) mass is 225 g/mol. The van der Waals surface area contributed by atoms with E-state index in [1.807, 2.05) is 31.6 Å². The SMILES string of the molecule is CN(C)C(N)=NC(CC=O)c1cccs1. The molecule has 0 saturated carbocycles. The summed E-state index contributed by atoms with van der Waals surface area (Å²) in [7, 11) is 3.65. The van der Waals surface area contributed by atoms with E-state index >= 15 is 0 Å². The molecular weight excluding hydrogens is 210 g/mol. The highest BCUT2D eigenvalue weighted by atomic mass is 32.1. The molecule has 5 heteroatoms. The lowest BCUT2D eigenvalue weighted by Crippen LogP contribution is -2.30. The Kier molecular flexibility index (Phi) is 4.30. The van der Waals surface area contributed by atoms with Crippen LogP contribution >= 0.6 is 11.3 Å². The van der Waals surface area contributed by atoms with Crippen molar-refractivity contribution in [3.8, 4) is 0 Å². The normalized spacial score (nSPS) is 13.6. The number of nitrogens with zero attached hydrogens (tertiary/aromatic N) is 2. The summed E-state index contributed by atoms with van der Waals surface area (Å²) in [5.41, 5.74) is 5.72. The molecule has 0 bridgehead atoms. The molecule has 1 aromatic heterocycles. The lowest BCUT2D eigenvalue weighted by molar-refractivity contribution is -0.108. The van der Waals surface area contributed by atoms with Crippen molar-refractivity contribution in [1.29, 1.82) is 0 Å². The molecular formula is C10H15N3OS. The van der Waals surface area contributed by atoms with E-state index in [9.17, 15) is 4.79 Å². The number of rotatable bonds is 4. The number of thiophene rings is 1. The molecule has 0 spiro atoms. The number of hydrogen-bond acceptors (Lipinski definition) is 3. The number of guanidine groups is 1. The van der Waals surface area contributed by atoms with Gasteiger partial charge in [0.15, 0.2) is 5.96 Å². The Morgan fingerprint density at radius 2 is 2.47 bits per heavy atom. The van der Waals surface area contributed by atoms with Crippen LogP contribution in [0.5, 0.6) is 0 Å². The van der Waals surface area contributed by atoms with Crippen LogP contribution in [-0.4, -0.2) is 31.2 Å². The molecule has 1 unspecified atom stereocenters. The van der Waals surface area contributed by atoms with E-state index in [0.29, 0.717) is 12.4 Å². The molecule has 1 aromatic rings. The molecule has 0 radical (unpaired) electrons. The highest BCUT2D eigenvalue weighted by Crippen LogP contribution is 2.24. The van der Waals surface area contributed by atoms with Gasteiger partial charge in [0.2, 0.25) is 0 Å². The fourth-order valence-electron chi connectivity index (χ4n) is 1.08. The first kappa shape index (κ1) is 11.7. The predicted molar refractivity (Wildman–Crippen MR) is 63.1 cm³/mol. The molecule has 1 atom stereocenters. The van der Waals surface area contributed by atoms with Crippen LogP contribution in [0.3, 0.4) is 0 Å². The Morgan fingerprint density at radius 3 is 2.93 bits per heavy atom. The second-order valence-electron chi connectivity index (χ2n) is 3.32. The minimum absolute atomic E-state index is 0.148. The van der Waals surface area contributed by atoms with Crippen molar-refractivity contribution in [1.82, 2.24) is 4.90 Å². The van der Waals surface area contributed by atoms with Gasteiger partial charge in [-0.25, -0.2) is 4.99 Å². The first-order valence-electron chi connectivity index (χ1n) is 4.62. The number of carbonyl (C=O) groups is 1. The minimum atomic E-state index is -0.148. The van der Waals surface area contributed by atoms with Crippen molar-refractivity contribution in [3.63, 3.8) is 0 Å². The van der Waals surface area contributed by atoms with Gasteiger partial charge in [0, 0.05) is 25.4 Å². The van der Waals surface area contributed by atoms with Crippen molar-refractivity contribution >= 4 is 23.6 Å². The third-order valence-corrected chi connectivity index (χ3v) is 2.91. The molecule has 2 N–H and O–H groups in total. The minimum Gasteiger partial charge on any atom is -0.370 e. The first-order chi connectivity index (χ1) is 7.15. The highest BCUT2D eigenvalue weighted by molar-refractivity contribution is 7.10. The molecule has 0 fully saturated rings. The smallest absolute Gasteiger partial charge is 0.191 e. The van der Waals surface area contributed by atoms with Crippen molar-refractivity contribution in [2.45, 2.75) is 12.5 Å². The van der Waals surface area contributed by atoms with Crippen molar-refractivity contribution in [3.05, 3.63) is 22.4 Å². The number of carbonyl (C=O) groups excluding carboxylic acids is 1. The standard InChI is InChI=1S/C10H15N3OS/c1-13(2)10(11)12-8(5-6-14)9-4-3-7-15-9/h3-4,6-8H,5H2,1-2H3,(H2,11,12). The molecule has 4 nitrogen and oxygen atoms in total. The summed E-state index contributed by atoms with van der Waals surface area (Å²) in [6.45, 7) is 0. The van der Waals surface area contributed by atoms with Gasteiger partial charge in [0.05, 0.1) is 6.04 Å². The van der Waals surface area contributed by atoms with Crippen molar-refractivity contribution in [2.75, 3.05) is 14.1 Å². The molecule has 15 heavy (non-hydrogen) atoms. The third-order valence-electron chi connectivity index (χ3n) is 1.94. The van der Waals surface area contributed by atoms with Crippen molar-refractivity contribution in [2.24, 2.45) is 10.7 Å². The van der Waals surface area contributed by atoms with E-state index in [1.54, 1.807) is 16.2 Å². The average molecular weight is 225 g/mol. The third kappa shape index (κ3) is 3.36. The summed E-state index contributed by atoms with van der Waals surface area (Å²) in [4.78, 5) is 17.6. The van der Waals surface area contributed by atoms with Gasteiger partial charge in [-0.05, 0) is 11.4 Å². The summed E-state index contributed by atoms with van der Waals surface area (Å²) in [6.07, 6.45) is 1.24. The number of aliphatic imine (C=N–C) groups is 1.